The van der Waals surface area contributed by atoms with Gasteiger partial charge in [0, 0.05) is 25.9 Å². The number of benzene rings is 1. The average Bonchev–Trinajstić information content (AvgIpc) is 3.07. The molecule has 4 rings (SSSR count). The van der Waals surface area contributed by atoms with E-state index in [0.29, 0.717) is 31.1 Å². The number of hydrogen-bond acceptors (Lipinski definition) is 5. The van der Waals surface area contributed by atoms with Crippen LogP contribution < -0.4 is 5.56 Å². The number of aromatic amines is 1. The van der Waals surface area contributed by atoms with Gasteiger partial charge in [-0.15, -0.1) is 5.10 Å². The molecule has 27 heavy (non-hydrogen) atoms. The predicted molar refractivity (Wildman–Crippen MR) is 95.7 cm³/mol. The molecule has 1 amide bonds. The van der Waals surface area contributed by atoms with Gasteiger partial charge in [0.2, 0.25) is 5.91 Å². The van der Waals surface area contributed by atoms with Crippen molar-refractivity contribution in [1.29, 1.82) is 0 Å². The molecule has 9 heteroatoms. The molecule has 1 N–H and O–H groups in total. The number of fused-ring (bicyclic) bond motifs is 1. The molecule has 0 spiro atoms. The first-order valence-electron chi connectivity index (χ1n) is 8.84. The van der Waals surface area contributed by atoms with Crippen LogP contribution >= 0.6 is 0 Å². The minimum Gasteiger partial charge on any atom is -0.343 e. The lowest BCUT2D eigenvalue weighted by Gasteiger charge is -2.30. The van der Waals surface area contributed by atoms with Crippen molar-refractivity contribution in [3.05, 3.63) is 51.8 Å². The molecule has 0 atom stereocenters. The summed E-state index contributed by atoms with van der Waals surface area (Å²) in [6.07, 6.45) is 1.49. The summed E-state index contributed by atoms with van der Waals surface area (Å²) in [5.41, 5.74) is 1.10. The highest BCUT2D eigenvalue weighted by Crippen LogP contribution is 2.25. The Bertz CT molecular complexity index is 1030. The van der Waals surface area contributed by atoms with Crippen LogP contribution in [-0.2, 0) is 11.3 Å². The maximum absolute atomic E-state index is 13.1. The first kappa shape index (κ1) is 17.3. The Kier molecular flexibility index (Phi) is 4.43. The monoisotopic (exact) mass is 370 g/mol. The fraction of sp³-hybridized carbons (Fsp3) is 0.389. The van der Waals surface area contributed by atoms with E-state index in [-0.39, 0.29) is 28.7 Å². The molecule has 1 aliphatic heterocycles. The zero-order valence-electron chi connectivity index (χ0n) is 14.9. The van der Waals surface area contributed by atoms with E-state index in [2.05, 4.69) is 20.3 Å². The van der Waals surface area contributed by atoms with Crippen LogP contribution in [0.2, 0.25) is 0 Å². The van der Waals surface area contributed by atoms with Crippen molar-refractivity contribution in [3.8, 4) is 0 Å². The standard InChI is InChI=1S/C18H19FN6O2/c1-11(26)24-8-6-13(7-9-24)16-20-17-15(18(27)21-16)22-23-25(17)10-12-2-4-14(19)5-3-12/h2-5,13H,6-10H2,1H3,(H,20,21,27). The Morgan fingerprint density at radius 2 is 1.96 bits per heavy atom. The number of rotatable bonds is 3. The summed E-state index contributed by atoms with van der Waals surface area (Å²) in [6, 6.07) is 6.08. The van der Waals surface area contributed by atoms with E-state index >= 15 is 0 Å². The molecule has 0 radical (unpaired) electrons. The molecular weight excluding hydrogens is 351 g/mol. The Labute approximate surface area is 154 Å². The number of amides is 1. The maximum atomic E-state index is 13.1. The SMILES string of the molecule is CC(=O)N1CCC(c2nc3c(nnn3Cc3ccc(F)cc3)c(=O)[nH]2)CC1. The predicted octanol–water partition coefficient (Wildman–Crippen LogP) is 1.43. The van der Waals surface area contributed by atoms with Gasteiger partial charge >= 0.3 is 0 Å². The molecule has 3 heterocycles. The highest BCUT2D eigenvalue weighted by Gasteiger charge is 2.25. The summed E-state index contributed by atoms with van der Waals surface area (Å²) < 4.78 is 14.6. The van der Waals surface area contributed by atoms with Gasteiger partial charge in [-0.25, -0.2) is 14.1 Å². The second-order valence-electron chi connectivity index (χ2n) is 6.78. The molecule has 0 unspecified atom stereocenters. The zero-order valence-corrected chi connectivity index (χ0v) is 14.9. The summed E-state index contributed by atoms with van der Waals surface area (Å²) in [5, 5.41) is 7.97. The van der Waals surface area contributed by atoms with E-state index in [1.165, 1.54) is 12.1 Å². The van der Waals surface area contributed by atoms with Crippen molar-refractivity contribution >= 4 is 17.1 Å². The lowest BCUT2D eigenvalue weighted by molar-refractivity contribution is -0.129. The molecule has 0 bridgehead atoms. The van der Waals surface area contributed by atoms with Crippen LogP contribution in [0.1, 0.15) is 37.1 Å². The Balaban J connectivity index is 1.63. The number of carbonyl (C=O) groups excluding carboxylic acids is 1. The highest BCUT2D eigenvalue weighted by atomic mass is 19.1. The third-order valence-electron chi connectivity index (χ3n) is 4.96. The lowest BCUT2D eigenvalue weighted by atomic mass is 9.96. The van der Waals surface area contributed by atoms with E-state index in [4.69, 9.17) is 0 Å². The van der Waals surface area contributed by atoms with Crippen molar-refractivity contribution in [1.82, 2.24) is 29.9 Å². The van der Waals surface area contributed by atoms with Gasteiger partial charge in [0.15, 0.2) is 11.2 Å². The second-order valence-corrected chi connectivity index (χ2v) is 6.78. The Morgan fingerprint density at radius 3 is 2.63 bits per heavy atom. The zero-order chi connectivity index (χ0) is 19.0. The topological polar surface area (TPSA) is 96.8 Å². The van der Waals surface area contributed by atoms with Crippen molar-refractivity contribution in [2.45, 2.75) is 32.2 Å². The van der Waals surface area contributed by atoms with E-state index in [1.54, 1.807) is 28.6 Å². The number of H-pyrrole nitrogens is 1. The molecule has 0 aliphatic carbocycles. The number of piperidine rings is 1. The van der Waals surface area contributed by atoms with Gasteiger partial charge in [0.25, 0.3) is 5.56 Å². The molecule has 1 aliphatic rings. The van der Waals surface area contributed by atoms with Gasteiger partial charge in [-0.2, -0.15) is 0 Å². The van der Waals surface area contributed by atoms with Crippen LogP contribution in [0.25, 0.3) is 11.2 Å². The first-order chi connectivity index (χ1) is 13.0. The van der Waals surface area contributed by atoms with Gasteiger partial charge in [0.05, 0.1) is 6.54 Å². The molecule has 0 saturated carbocycles. The van der Waals surface area contributed by atoms with Crippen molar-refractivity contribution < 1.29 is 9.18 Å². The van der Waals surface area contributed by atoms with Crippen molar-refractivity contribution in [3.63, 3.8) is 0 Å². The van der Waals surface area contributed by atoms with Gasteiger partial charge in [-0.3, -0.25) is 9.59 Å². The first-order valence-corrected chi connectivity index (χ1v) is 8.84. The van der Waals surface area contributed by atoms with E-state index < -0.39 is 0 Å². The van der Waals surface area contributed by atoms with Crippen LogP contribution in [0.3, 0.4) is 0 Å². The fourth-order valence-corrected chi connectivity index (χ4v) is 3.41. The number of halogens is 1. The largest absolute Gasteiger partial charge is 0.343 e. The summed E-state index contributed by atoms with van der Waals surface area (Å²) in [6.45, 7) is 3.20. The molecular formula is C18H19FN6O2. The quantitative estimate of drug-likeness (QED) is 0.752. The van der Waals surface area contributed by atoms with Crippen LogP contribution in [0.4, 0.5) is 4.39 Å². The molecule has 3 aromatic rings. The minimum atomic E-state index is -0.325. The summed E-state index contributed by atoms with van der Waals surface area (Å²) in [5.74, 6) is 0.424. The third kappa shape index (κ3) is 3.44. The molecule has 8 nitrogen and oxygen atoms in total. The second kappa shape index (κ2) is 6.90. The number of nitrogens with zero attached hydrogens (tertiary/aromatic N) is 5. The number of hydrogen-bond donors (Lipinski definition) is 1. The molecule has 1 saturated heterocycles. The Morgan fingerprint density at radius 1 is 1.26 bits per heavy atom. The number of carbonyl (C=O) groups is 1. The average molecular weight is 370 g/mol. The normalized spacial score (nSPS) is 15.4. The van der Waals surface area contributed by atoms with Crippen molar-refractivity contribution in [2.24, 2.45) is 0 Å². The summed E-state index contributed by atoms with van der Waals surface area (Å²) >= 11 is 0. The van der Waals surface area contributed by atoms with E-state index in [1.807, 2.05) is 0 Å². The van der Waals surface area contributed by atoms with E-state index in [0.717, 1.165) is 18.4 Å². The van der Waals surface area contributed by atoms with Gasteiger partial charge in [-0.05, 0) is 30.5 Å². The Hall–Kier alpha value is -3.10. The van der Waals surface area contributed by atoms with Crippen LogP contribution in [0.5, 0.6) is 0 Å². The van der Waals surface area contributed by atoms with Crippen LogP contribution in [0, 0.1) is 5.82 Å². The molecule has 2 aromatic heterocycles. The molecule has 1 fully saturated rings. The lowest BCUT2D eigenvalue weighted by Crippen LogP contribution is -2.37. The number of nitrogens with one attached hydrogen (secondary N) is 1. The van der Waals surface area contributed by atoms with Crippen LogP contribution in [-0.4, -0.2) is 48.9 Å². The third-order valence-corrected chi connectivity index (χ3v) is 4.96. The fourth-order valence-electron chi connectivity index (χ4n) is 3.41. The minimum absolute atomic E-state index is 0.0620. The maximum Gasteiger partial charge on any atom is 0.281 e. The van der Waals surface area contributed by atoms with E-state index in [9.17, 15) is 14.0 Å². The van der Waals surface area contributed by atoms with Gasteiger partial charge < -0.3 is 9.88 Å². The molecule has 140 valence electrons. The van der Waals surface area contributed by atoms with Crippen LogP contribution in [0.15, 0.2) is 29.1 Å². The van der Waals surface area contributed by atoms with Gasteiger partial charge in [0.1, 0.15) is 11.6 Å². The highest BCUT2D eigenvalue weighted by molar-refractivity contribution is 5.73. The number of likely N-dealkylation sites (tertiary alicyclic amines) is 1. The summed E-state index contributed by atoms with van der Waals surface area (Å²) in [4.78, 5) is 33.1. The smallest absolute Gasteiger partial charge is 0.281 e. The number of aromatic nitrogens is 5. The summed E-state index contributed by atoms with van der Waals surface area (Å²) in [7, 11) is 0. The molecule has 1 aromatic carbocycles. The van der Waals surface area contributed by atoms with Crippen molar-refractivity contribution in [2.75, 3.05) is 13.1 Å². The van der Waals surface area contributed by atoms with Gasteiger partial charge in [-0.1, -0.05) is 17.3 Å².